The van der Waals surface area contributed by atoms with Gasteiger partial charge in [-0.25, -0.2) is 4.79 Å². The fourth-order valence-corrected chi connectivity index (χ4v) is 3.66. The smallest absolute Gasteiger partial charge is 0.340 e. The molecule has 0 radical (unpaired) electrons. The summed E-state index contributed by atoms with van der Waals surface area (Å²) in [5.74, 6) is 0.227. The molecule has 3 heteroatoms. The van der Waals surface area contributed by atoms with Crippen LogP contribution in [0.4, 0.5) is 0 Å². The molecule has 3 nitrogen and oxygen atoms in total. The Kier molecular flexibility index (Phi) is 3.64. The highest BCUT2D eigenvalue weighted by molar-refractivity contribution is 6.06. The van der Waals surface area contributed by atoms with Gasteiger partial charge in [0.25, 0.3) is 0 Å². The van der Waals surface area contributed by atoms with Crippen molar-refractivity contribution in [3.63, 3.8) is 0 Å². The molecule has 0 saturated heterocycles. The predicted octanol–water partition coefficient (Wildman–Crippen LogP) is 4.91. The largest absolute Gasteiger partial charge is 0.465 e. The molecule has 0 aliphatic heterocycles. The number of aromatic nitrogens is 1. The molecular formula is C21H21NO2. The van der Waals surface area contributed by atoms with Gasteiger partial charge in [-0.3, -0.25) is 0 Å². The minimum Gasteiger partial charge on any atom is -0.465 e. The fourth-order valence-electron chi connectivity index (χ4n) is 3.66. The van der Waals surface area contributed by atoms with E-state index in [-0.39, 0.29) is 12.0 Å². The van der Waals surface area contributed by atoms with Crippen molar-refractivity contribution in [2.24, 2.45) is 0 Å². The lowest BCUT2D eigenvalue weighted by molar-refractivity contribution is 0.0601. The maximum Gasteiger partial charge on any atom is 0.340 e. The quantitative estimate of drug-likeness (QED) is 0.639. The van der Waals surface area contributed by atoms with Crippen molar-refractivity contribution in [2.75, 3.05) is 7.11 Å². The third-order valence-electron chi connectivity index (χ3n) is 4.97. The van der Waals surface area contributed by atoms with Gasteiger partial charge in [-0.05, 0) is 31.4 Å². The Hall–Kier alpha value is -2.55. The number of methoxy groups -OCH3 is 1. The standard InChI is InChI=1S/C21H21NO2/c1-14(15-8-4-3-5-9-15)22-18-11-7-6-10-17(18)19(21(23)24-2)20(22)16-12-13-16/h3-11,14,16H,12-13H2,1-2H3. The lowest BCUT2D eigenvalue weighted by Crippen LogP contribution is -2.12. The number of nitrogens with zero attached hydrogens (tertiary/aromatic N) is 1. The summed E-state index contributed by atoms with van der Waals surface area (Å²) < 4.78 is 7.45. The van der Waals surface area contributed by atoms with Crippen molar-refractivity contribution in [3.05, 3.63) is 71.4 Å². The number of esters is 1. The second kappa shape index (κ2) is 5.82. The molecular weight excluding hydrogens is 298 g/mol. The summed E-state index contributed by atoms with van der Waals surface area (Å²) in [6.45, 7) is 2.20. The molecule has 0 amide bonds. The maximum atomic E-state index is 12.5. The first kappa shape index (κ1) is 15.0. The van der Waals surface area contributed by atoms with Crippen LogP contribution in [0.2, 0.25) is 0 Å². The highest BCUT2D eigenvalue weighted by Gasteiger charge is 2.35. The van der Waals surface area contributed by atoms with Gasteiger partial charge < -0.3 is 9.30 Å². The van der Waals surface area contributed by atoms with Crippen LogP contribution in [0.15, 0.2) is 54.6 Å². The summed E-state index contributed by atoms with van der Waals surface area (Å²) in [5.41, 5.74) is 4.24. The van der Waals surface area contributed by atoms with Crippen molar-refractivity contribution in [2.45, 2.75) is 31.7 Å². The van der Waals surface area contributed by atoms with E-state index in [1.807, 2.05) is 24.3 Å². The molecule has 2 aromatic carbocycles. The number of hydrogen-bond donors (Lipinski definition) is 0. The number of fused-ring (bicyclic) bond motifs is 1. The summed E-state index contributed by atoms with van der Waals surface area (Å²) >= 11 is 0. The van der Waals surface area contributed by atoms with E-state index in [4.69, 9.17) is 4.74 Å². The van der Waals surface area contributed by atoms with Crippen LogP contribution >= 0.6 is 0 Å². The van der Waals surface area contributed by atoms with Gasteiger partial charge in [0.05, 0.1) is 18.7 Å². The van der Waals surface area contributed by atoms with Gasteiger partial charge in [0, 0.05) is 22.5 Å². The minimum absolute atomic E-state index is 0.171. The van der Waals surface area contributed by atoms with Gasteiger partial charge in [-0.15, -0.1) is 0 Å². The molecule has 3 aromatic rings. The summed E-state index contributed by atoms with van der Waals surface area (Å²) in [4.78, 5) is 12.5. The molecule has 0 bridgehead atoms. The molecule has 1 aromatic heterocycles. The Balaban J connectivity index is 2.00. The minimum atomic E-state index is -0.230. The van der Waals surface area contributed by atoms with Crippen LogP contribution in [0.25, 0.3) is 10.9 Å². The maximum absolute atomic E-state index is 12.5. The van der Waals surface area contributed by atoms with Crippen molar-refractivity contribution in [1.29, 1.82) is 0 Å². The Morgan fingerprint density at radius 3 is 2.42 bits per heavy atom. The van der Waals surface area contributed by atoms with Crippen molar-refractivity contribution in [3.8, 4) is 0 Å². The topological polar surface area (TPSA) is 31.2 Å². The first-order chi connectivity index (χ1) is 11.7. The van der Waals surface area contributed by atoms with Crippen LogP contribution in [-0.4, -0.2) is 17.6 Å². The molecule has 1 atom stereocenters. The summed E-state index contributed by atoms with van der Waals surface area (Å²) in [6.07, 6.45) is 2.28. The first-order valence-corrected chi connectivity index (χ1v) is 8.48. The van der Waals surface area contributed by atoms with Crippen LogP contribution in [0.3, 0.4) is 0 Å². The number of benzene rings is 2. The first-order valence-electron chi connectivity index (χ1n) is 8.48. The van der Waals surface area contributed by atoms with Gasteiger partial charge >= 0.3 is 5.97 Å². The van der Waals surface area contributed by atoms with E-state index in [1.54, 1.807) is 0 Å². The van der Waals surface area contributed by atoms with Crippen LogP contribution in [0.5, 0.6) is 0 Å². The third kappa shape index (κ3) is 2.32. The molecule has 4 rings (SSSR count). The second-order valence-electron chi connectivity index (χ2n) is 6.50. The molecule has 24 heavy (non-hydrogen) atoms. The average molecular weight is 319 g/mol. The zero-order chi connectivity index (χ0) is 16.7. The van der Waals surface area contributed by atoms with Crippen molar-refractivity contribution in [1.82, 2.24) is 4.57 Å². The zero-order valence-electron chi connectivity index (χ0n) is 14.0. The van der Waals surface area contributed by atoms with E-state index >= 15 is 0 Å². The Bertz CT molecular complexity index is 891. The molecule has 1 fully saturated rings. The van der Waals surface area contributed by atoms with Gasteiger partial charge in [-0.2, -0.15) is 0 Å². The number of carbonyl (C=O) groups excluding carboxylic acids is 1. The van der Waals surface area contributed by atoms with Crippen LogP contribution in [-0.2, 0) is 4.74 Å². The molecule has 122 valence electrons. The highest BCUT2D eigenvalue weighted by atomic mass is 16.5. The summed E-state index contributed by atoms with van der Waals surface area (Å²) in [5, 5.41) is 0.994. The van der Waals surface area contributed by atoms with E-state index < -0.39 is 0 Å². The molecule has 0 N–H and O–H groups in total. The van der Waals surface area contributed by atoms with Gasteiger partial charge in [0.1, 0.15) is 0 Å². The number of rotatable bonds is 4. The number of carbonyl (C=O) groups is 1. The highest BCUT2D eigenvalue weighted by Crippen LogP contribution is 2.46. The summed E-state index contributed by atoms with van der Waals surface area (Å²) in [7, 11) is 1.46. The lowest BCUT2D eigenvalue weighted by Gasteiger charge is -2.20. The van der Waals surface area contributed by atoms with E-state index in [0.29, 0.717) is 5.92 Å². The molecule has 0 spiro atoms. The van der Waals surface area contributed by atoms with E-state index in [2.05, 4.69) is 41.8 Å². The Labute approximate surface area is 141 Å². The molecule has 1 unspecified atom stereocenters. The van der Waals surface area contributed by atoms with Gasteiger partial charge in [0.15, 0.2) is 0 Å². The van der Waals surface area contributed by atoms with Gasteiger partial charge in [-0.1, -0.05) is 48.5 Å². The Morgan fingerprint density at radius 1 is 1.08 bits per heavy atom. The summed E-state index contributed by atoms with van der Waals surface area (Å²) in [6, 6.07) is 18.8. The number of hydrogen-bond acceptors (Lipinski definition) is 2. The monoisotopic (exact) mass is 319 g/mol. The second-order valence-corrected chi connectivity index (χ2v) is 6.50. The Morgan fingerprint density at radius 2 is 1.75 bits per heavy atom. The van der Waals surface area contributed by atoms with E-state index in [0.717, 1.165) is 35.0 Å². The van der Waals surface area contributed by atoms with E-state index in [1.165, 1.54) is 12.7 Å². The molecule has 1 saturated carbocycles. The average Bonchev–Trinajstić information content (AvgIpc) is 3.42. The third-order valence-corrected chi connectivity index (χ3v) is 4.97. The number of ether oxygens (including phenoxy) is 1. The number of para-hydroxylation sites is 1. The normalized spacial score (nSPS) is 15.4. The zero-order valence-corrected chi connectivity index (χ0v) is 14.0. The molecule has 1 aliphatic rings. The fraction of sp³-hybridized carbons (Fsp3) is 0.286. The van der Waals surface area contributed by atoms with Gasteiger partial charge in [0.2, 0.25) is 0 Å². The molecule has 1 aliphatic carbocycles. The van der Waals surface area contributed by atoms with Crippen LogP contribution in [0.1, 0.15) is 53.3 Å². The van der Waals surface area contributed by atoms with Crippen molar-refractivity contribution >= 4 is 16.9 Å². The molecule has 1 heterocycles. The lowest BCUT2D eigenvalue weighted by atomic mass is 10.1. The van der Waals surface area contributed by atoms with Crippen molar-refractivity contribution < 1.29 is 9.53 Å². The SMILES string of the molecule is COC(=O)c1c(C2CC2)n(C(C)c2ccccc2)c2ccccc12. The predicted molar refractivity (Wildman–Crippen MR) is 95.5 cm³/mol. The van der Waals surface area contributed by atoms with Crippen LogP contribution < -0.4 is 0 Å². The van der Waals surface area contributed by atoms with Crippen LogP contribution in [0, 0.1) is 0 Å². The van der Waals surface area contributed by atoms with E-state index in [9.17, 15) is 4.79 Å².